The maximum Gasteiger partial charge on any atom is 2.00 e. The summed E-state index contributed by atoms with van der Waals surface area (Å²) in [5.41, 5.74) is 0. The molecule has 1 heteroatoms. The van der Waals surface area contributed by atoms with Crippen molar-refractivity contribution in [1.29, 1.82) is 0 Å². The van der Waals surface area contributed by atoms with Gasteiger partial charge in [0.2, 0.25) is 0 Å². The van der Waals surface area contributed by atoms with Crippen LogP contribution in [0.1, 0.15) is 6.42 Å². The van der Waals surface area contributed by atoms with E-state index in [0.29, 0.717) is 0 Å². The molecule has 0 amide bonds. The van der Waals surface area contributed by atoms with Gasteiger partial charge in [-0.05, 0) is 6.42 Å². The van der Waals surface area contributed by atoms with E-state index in [1.54, 1.807) is 0 Å². The van der Waals surface area contributed by atoms with Crippen LogP contribution in [-0.4, -0.2) is 0 Å². The maximum atomic E-state index is 2.12. The van der Waals surface area contributed by atoms with Gasteiger partial charge in [-0.25, -0.2) is 0 Å². The molecule has 1 rings (SSSR count). The predicted molar refractivity (Wildman–Crippen MR) is 22.9 cm³/mol. The molecule has 0 N–H and O–H groups in total. The van der Waals surface area contributed by atoms with E-state index in [-0.39, 0.29) is 21.7 Å². The Labute approximate surface area is 52.8 Å². The second kappa shape index (κ2) is 3.39. The molecule has 0 heterocycles. The zero-order valence-electron chi connectivity index (χ0n) is 3.52. The van der Waals surface area contributed by atoms with Crippen molar-refractivity contribution >= 4 is 0 Å². The van der Waals surface area contributed by atoms with E-state index < -0.39 is 0 Å². The van der Waals surface area contributed by atoms with Crippen LogP contribution in [0.3, 0.4) is 0 Å². The predicted octanol–water partition coefficient (Wildman–Crippen LogP) is 1.50. The molecule has 0 aliphatic heterocycles. The smallest absolute Gasteiger partial charge is 0.0808 e. The average molecular weight is 114 g/mol. The van der Waals surface area contributed by atoms with Crippen molar-refractivity contribution in [1.82, 2.24) is 0 Å². The van der Waals surface area contributed by atoms with Crippen LogP contribution >= 0.6 is 0 Å². The van der Waals surface area contributed by atoms with E-state index in [0.717, 1.165) is 6.42 Å². The first-order valence-corrected chi connectivity index (χ1v) is 1.82. The molecular weight excluding hydrogens is 108 g/mol. The van der Waals surface area contributed by atoms with Crippen molar-refractivity contribution in [2.45, 2.75) is 6.42 Å². The Morgan fingerprint density at radius 2 is 1.50 bits per heavy atom. The molecule has 1 aliphatic rings. The Hall–Kier alpha value is 0.194. The number of rotatable bonds is 0. The molecule has 0 nitrogen and oxygen atoms in total. The summed E-state index contributed by atoms with van der Waals surface area (Å²) in [6.45, 7) is 0. The fraction of sp³-hybridized carbons (Fsp3) is 0.200. The number of allylic oxidation sites excluding steroid dienone is 4. The summed E-state index contributed by atoms with van der Waals surface area (Å²) >= 11 is 0. The molecule has 28 valence electrons. The van der Waals surface area contributed by atoms with Crippen LogP contribution in [0, 0.1) is 0 Å². The minimum atomic E-state index is 0. The molecule has 0 bridgehead atoms. The third-order valence-electron chi connectivity index (χ3n) is 0.655. The van der Waals surface area contributed by atoms with Gasteiger partial charge in [-0.1, -0.05) is 24.3 Å². The standard InChI is InChI=1S/C5H6.Ti/c1-2-4-5-3-1;/h1-4H,5H2;/q;+2. The molecule has 6 heavy (non-hydrogen) atoms. The van der Waals surface area contributed by atoms with Crippen LogP contribution in [0.5, 0.6) is 0 Å². The van der Waals surface area contributed by atoms with Gasteiger partial charge in [0.25, 0.3) is 0 Å². The van der Waals surface area contributed by atoms with Gasteiger partial charge in [0.05, 0.1) is 0 Å². The van der Waals surface area contributed by atoms with E-state index in [4.69, 9.17) is 0 Å². The van der Waals surface area contributed by atoms with Crippen LogP contribution in [0.15, 0.2) is 24.3 Å². The van der Waals surface area contributed by atoms with Gasteiger partial charge in [-0.15, -0.1) is 0 Å². The SMILES string of the molecule is C1=CCC=C1.[Ti+2]. The van der Waals surface area contributed by atoms with Crippen molar-refractivity contribution in [2.75, 3.05) is 0 Å². The molecule has 0 aromatic heterocycles. The Bertz CT molecular complexity index is 62.0. The molecule has 0 saturated heterocycles. The minimum absolute atomic E-state index is 0. The Balaban J connectivity index is 0.000000250. The number of hydrogen-bond donors (Lipinski definition) is 0. The van der Waals surface area contributed by atoms with E-state index in [9.17, 15) is 0 Å². The summed E-state index contributed by atoms with van der Waals surface area (Å²) in [5.74, 6) is 0. The fourth-order valence-electron chi connectivity index (χ4n) is 0.393. The van der Waals surface area contributed by atoms with Crippen molar-refractivity contribution in [3.8, 4) is 0 Å². The van der Waals surface area contributed by atoms with Gasteiger partial charge in [0.15, 0.2) is 0 Å². The topological polar surface area (TPSA) is 0 Å². The van der Waals surface area contributed by atoms with Gasteiger partial charge in [0, 0.05) is 0 Å². The molecule has 0 spiro atoms. The van der Waals surface area contributed by atoms with Crippen molar-refractivity contribution in [2.24, 2.45) is 0 Å². The summed E-state index contributed by atoms with van der Waals surface area (Å²) < 4.78 is 0. The van der Waals surface area contributed by atoms with Gasteiger partial charge in [-0.2, -0.15) is 0 Å². The van der Waals surface area contributed by atoms with E-state index in [1.165, 1.54) is 0 Å². The van der Waals surface area contributed by atoms with Gasteiger partial charge >= 0.3 is 21.7 Å². The van der Waals surface area contributed by atoms with Crippen LogP contribution in [0.4, 0.5) is 0 Å². The summed E-state index contributed by atoms with van der Waals surface area (Å²) in [6, 6.07) is 0. The molecule has 0 atom stereocenters. The quantitative estimate of drug-likeness (QED) is 0.418. The first-order chi connectivity index (χ1) is 2.50. The average Bonchev–Trinajstić information content (AvgIpc) is 1.76. The zero-order chi connectivity index (χ0) is 3.54. The largest absolute Gasteiger partial charge is 2.00 e. The van der Waals surface area contributed by atoms with Crippen LogP contribution in [0.2, 0.25) is 0 Å². The Morgan fingerprint density at radius 3 is 1.67 bits per heavy atom. The summed E-state index contributed by atoms with van der Waals surface area (Å²) in [6.07, 6.45) is 9.50. The van der Waals surface area contributed by atoms with Crippen LogP contribution in [0.25, 0.3) is 0 Å². The normalized spacial score (nSPS) is 14.7. The minimum Gasteiger partial charge on any atom is -0.0808 e. The van der Waals surface area contributed by atoms with Gasteiger partial charge < -0.3 is 0 Å². The van der Waals surface area contributed by atoms with Crippen LogP contribution < -0.4 is 0 Å². The molecule has 0 saturated carbocycles. The first-order valence-electron chi connectivity index (χ1n) is 1.82. The van der Waals surface area contributed by atoms with E-state index in [1.807, 2.05) is 0 Å². The van der Waals surface area contributed by atoms with E-state index >= 15 is 0 Å². The maximum absolute atomic E-state index is 2.12. The summed E-state index contributed by atoms with van der Waals surface area (Å²) in [7, 11) is 0. The molecule has 0 unspecified atom stereocenters. The van der Waals surface area contributed by atoms with Gasteiger partial charge in [-0.3, -0.25) is 0 Å². The monoisotopic (exact) mass is 114 g/mol. The van der Waals surface area contributed by atoms with Crippen molar-refractivity contribution in [3.63, 3.8) is 0 Å². The summed E-state index contributed by atoms with van der Waals surface area (Å²) in [5, 5.41) is 0. The third kappa shape index (κ3) is 1.59. The Morgan fingerprint density at radius 1 is 1.00 bits per heavy atom. The Kier molecular flexibility index (Phi) is 3.50. The zero-order valence-corrected chi connectivity index (χ0v) is 5.08. The molecule has 0 radical (unpaired) electrons. The fourth-order valence-corrected chi connectivity index (χ4v) is 0.393. The van der Waals surface area contributed by atoms with Crippen molar-refractivity contribution in [3.05, 3.63) is 24.3 Å². The van der Waals surface area contributed by atoms with Crippen molar-refractivity contribution < 1.29 is 21.7 Å². The van der Waals surface area contributed by atoms with E-state index in [2.05, 4.69) is 24.3 Å². The second-order valence-electron chi connectivity index (χ2n) is 1.09. The second-order valence-corrected chi connectivity index (χ2v) is 1.09. The third-order valence-corrected chi connectivity index (χ3v) is 0.655. The van der Waals surface area contributed by atoms with Crippen LogP contribution in [-0.2, 0) is 21.7 Å². The van der Waals surface area contributed by atoms with Gasteiger partial charge in [0.1, 0.15) is 0 Å². The molecule has 0 aromatic rings. The number of hydrogen-bond acceptors (Lipinski definition) is 0. The summed E-state index contributed by atoms with van der Waals surface area (Å²) in [4.78, 5) is 0. The molecular formula is C5H6Ti+2. The molecule has 0 fully saturated rings. The molecule has 1 aliphatic carbocycles. The molecule has 0 aromatic carbocycles. The first kappa shape index (κ1) is 6.19.